The topological polar surface area (TPSA) is 97.8 Å². The zero-order valence-corrected chi connectivity index (χ0v) is 13.5. The molecule has 1 aromatic heterocycles. The normalized spacial score (nSPS) is 14.2. The Bertz CT molecular complexity index is 763. The summed E-state index contributed by atoms with van der Waals surface area (Å²) in [4.78, 5) is 28.0. The second-order valence-corrected chi connectivity index (χ2v) is 5.61. The highest BCUT2D eigenvalue weighted by atomic mass is 16.5. The summed E-state index contributed by atoms with van der Waals surface area (Å²) in [6.45, 7) is 0.953. The van der Waals surface area contributed by atoms with Crippen molar-refractivity contribution in [2.45, 2.75) is 18.9 Å². The van der Waals surface area contributed by atoms with Crippen molar-refractivity contribution in [3.63, 3.8) is 0 Å². The molecule has 130 valence electrons. The van der Waals surface area contributed by atoms with Gasteiger partial charge in [-0.15, -0.1) is 0 Å². The zero-order valence-electron chi connectivity index (χ0n) is 13.5. The van der Waals surface area contributed by atoms with E-state index in [0.717, 1.165) is 12.0 Å². The SMILES string of the molecule is O=C(NC(Cc1ccncc1)C(=O)O)c1cccc2c1OCCCO2. The van der Waals surface area contributed by atoms with Gasteiger partial charge in [-0.25, -0.2) is 4.79 Å². The minimum absolute atomic E-state index is 0.163. The number of hydrogen-bond donors (Lipinski definition) is 2. The lowest BCUT2D eigenvalue weighted by Crippen LogP contribution is -2.42. The molecule has 0 bridgehead atoms. The van der Waals surface area contributed by atoms with Crippen LogP contribution in [-0.2, 0) is 11.2 Å². The fourth-order valence-corrected chi connectivity index (χ4v) is 2.56. The first-order valence-electron chi connectivity index (χ1n) is 7.96. The Morgan fingerprint density at radius 2 is 1.92 bits per heavy atom. The number of carbonyl (C=O) groups is 2. The van der Waals surface area contributed by atoms with Gasteiger partial charge < -0.3 is 19.9 Å². The predicted octanol–water partition coefficient (Wildman–Crippen LogP) is 1.67. The quantitative estimate of drug-likeness (QED) is 0.858. The molecule has 0 saturated heterocycles. The van der Waals surface area contributed by atoms with Gasteiger partial charge in [-0.2, -0.15) is 0 Å². The number of carboxylic acids is 1. The summed E-state index contributed by atoms with van der Waals surface area (Å²) in [7, 11) is 0. The second kappa shape index (κ2) is 7.65. The molecule has 2 heterocycles. The Hall–Kier alpha value is -3.09. The van der Waals surface area contributed by atoms with E-state index in [1.807, 2.05) is 0 Å². The molecule has 0 saturated carbocycles. The molecule has 7 nitrogen and oxygen atoms in total. The first-order valence-corrected chi connectivity index (χ1v) is 7.96. The molecule has 2 N–H and O–H groups in total. The molecule has 1 unspecified atom stereocenters. The van der Waals surface area contributed by atoms with Gasteiger partial charge in [0.05, 0.1) is 18.8 Å². The second-order valence-electron chi connectivity index (χ2n) is 5.61. The van der Waals surface area contributed by atoms with Crippen molar-refractivity contribution >= 4 is 11.9 Å². The number of benzene rings is 1. The Labute approximate surface area is 144 Å². The van der Waals surface area contributed by atoms with Crippen molar-refractivity contribution in [2.24, 2.45) is 0 Å². The molecular formula is C18H18N2O5. The van der Waals surface area contributed by atoms with Gasteiger partial charge in [0.25, 0.3) is 5.91 Å². The maximum atomic E-state index is 12.6. The molecule has 1 atom stereocenters. The van der Waals surface area contributed by atoms with Crippen LogP contribution in [0.4, 0.5) is 0 Å². The van der Waals surface area contributed by atoms with Crippen LogP contribution in [0.5, 0.6) is 11.5 Å². The van der Waals surface area contributed by atoms with Gasteiger partial charge in [-0.1, -0.05) is 6.07 Å². The summed E-state index contributed by atoms with van der Waals surface area (Å²) in [6.07, 6.45) is 4.04. The number of carbonyl (C=O) groups excluding carboxylic acids is 1. The largest absolute Gasteiger partial charge is 0.490 e. The highest BCUT2D eigenvalue weighted by Gasteiger charge is 2.25. The van der Waals surface area contributed by atoms with Crippen LogP contribution in [0.2, 0.25) is 0 Å². The van der Waals surface area contributed by atoms with E-state index in [-0.39, 0.29) is 12.0 Å². The van der Waals surface area contributed by atoms with E-state index in [9.17, 15) is 14.7 Å². The lowest BCUT2D eigenvalue weighted by Gasteiger charge is -2.17. The standard InChI is InChI=1S/C18H18N2O5/c21-17(13-3-1-4-15-16(13)25-10-2-9-24-15)20-14(18(22)23)11-12-5-7-19-8-6-12/h1,3-8,14H,2,9-11H2,(H,20,21)(H,22,23). The first kappa shape index (κ1) is 16.8. The van der Waals surface area contributed by atoms with E-state index >= 15 is 0 Å². The van der Waals surface area contributed by atoms with E-state index < -0.39 is 17.9 Å². The Morgan fingerprint density at radius 3 is 2.68 bits per heavy atom. The molecule has 1 aromatic carbocycles. The smallest absolute Gasteiger partial charge is 0.326 e. The van der Waals surface area contributed by atoms with Gasteiger partial charge in [-0.3, -0.25) is 9.78 Å². The van der Waals surface area contributed by atoms with Crippen molar-refractivity contribution < 1.29 is 24.2 Å². The van der Waals surface area contributed by atoms with Gasteiger partial charge in [-0.05, 0) is 29.8 Å². The summed E-state index contributed by atoms with van der Waals surface area (Å²) < 4.78 is 11.2. The molecule has 1 aliphatic heterocycles. The number of hydrogen-bond acceptors (Lipinski definition) is 5. The number of rotatable bonds is 5. The molecule has 1 aliphatic rings. The molecule has 0 fully saturated rings. The van der Waals surface area contributed by atoms with E-state index in [0.29, 0.717) is 24.7 Å². The minimum Gasteiger partial charge on any atom is -0.490 e. The maximum Gasteiger partial charge on any atom is 0.326 e. The summed E-state index contributed by atoms with van der Waals surface area (Å²) in [5, 5.41) is 12.0. The lowest BCUT2D eigenvalue weighted by molar-refractivity contribution is -0.139. The van der Waals surface area contributed by atoms with E-state index in [4.69, 9.17) is 9.47 Å². The number of para-hydroxylation sites is 1. The Balaban J connectivity index is 1.79. The first-order chi connectivity index (χ1) is 12.1. The van der Waals surface area contributed by atoms with Crippen LogP contribution >= 0.6 is 0 Å². The number of aliphatic carboxylic acids is 1. The van der Waals surface area contributed by atoms with Crippen LogP contribution in [0.15, 0.2) is 42.7 Å². The number of fused-ring (bicyclic) bond motifs is 1. The lowest BCUT2D eigenvalue weighted by atomic mass is 10.1. The van der Waals surface area contributed by atoms with E-state index in [1.165, 1.54) is 0 Å². The van der Waals surface area contributed by atoms with Gasteiger partial charge >= 0.3 is 5.97 Å². The Kier molecular flexibility index (Phi) is 5.13. The predicted molar refractivity (Wildman–Crippen MR) is 88.9 cm³/mol. The molecule has 7 heteroatoms. The molecular weight excluding hydrogens is 324 g/mol. The number of amides is 1. The minimum atomic E-state index is -1.11. The molecule has 3 rings (SSSR count). The van der Waals surface area contributed by atoms with Crippen molar-refractivity contribution in [1.82, 2.24) is 10.3 Å². The number of nitrogens with zero attached hydrogens (tertiary/aromatic N) is 1. The fourth-order valence-electron chi connectivity index (χ4n) is 2.56. The number of nitrogens with one attached hydrogen (secondary N) is 1. The highest BCUT2D eigenvalue weighted by molar-refractivity contribution is 5.99. The molecule has 2 aromatic rings. The molecule has 1 amide bonds. The number of aromatic nitrogens is 1. The van der Waals surface area contributed by atoms with Crippen LogP contribution in [0.3, 0.4) is 0 Å². The number of ether oxygens (including phenoxy) is 2. The average Bonchev–Trinajstić information content (AvgIpc) is 2.87. The molecule has 0 spiro atoms. The van der Waals surface area contributed by atoms with Gasteiger partial charge in [0, 0.05) is 25.2 Å². The van der Waals surface area contributed by atoms with E-state index in [2.05, 4.69) is 10.3 Å². The van der Waals surface area contributed by atoms with Crippen molar-refractivity contribution in [1.29, 1.82) is 0 Å². The van der Waals surface area contributed by atoms with Crippen molar-refractivity contribution in [3.05, 3.63) is 53.9 Å². The van der Waals surface area contributed by atoms with Crippen LogP contribution < -0.4 is 14.8 Å². The number of carboxylic acid groups (broad SMARTS) is 1. The average molecular weight is 342 g/mol. The monoisotopic (exact) mass is 342 g/mol. The van der Waals surface area contributed by atoms with Gasteiger partial charge in [0.2, 0.25) is 0 Å². The van der Waals surface area contributed by atoms with Crippen molar-refractivity contribution in [3.8, 4) is 11.5 Å². The van der Waals surface area contributed by atoms with Crippen molar-refractivity contribution in [2.75, 3.05) is 13.2 Å². The third-order valence-electron chi connectivity index (χ3n) is 3.81. The summed E-state index contributed by atoms with van der Waals surface area (Å²) in [6, 6.07) is 7.37. The van der Waals surface area contributed by atoms with Gasteiger partial charge in [0.1, 0.15) is 6.04 Å². The van der Waals surface area contributed by atoms with E-state index in [1.54, 1.807) is 42.7 Å². The van der Waals surface area contributed by atoms with Crippen LogP contribution in [0.25, 0.3) is 0 Å². The molecule has 0 aliphatic carbocycles. The highest BCUT2D eigenvalue weighted by Crippen LogP contribution is 2.33. The van der Waals surface area contributed by atoms with Crippen LogP contribution in [-0.4, -0.2) is 41.2 Å². The number of pyridine rings is 1. The van der Waals surface area contributed by atoms with Crippen LogP contribution in [0, 0.1) is 0 Å². The summed E-state index contributed by atoms with van der Waals surface area (Å²) in [5.41, 5.74) is 1.04. The molecule has 25 heavy (non-hydrogen) atoms. The Morgan fingerprint density at radius 1 is 1.16 bits per heavy atom. The van der Waals surface area contributed by atoms with Crippen LogP contribution in [0.1, 0.15) is 22.3 Å². The summed E-state index contributed by atoms with van der Waals surface area (Å²) >= 11 is 0. The maximum absolute atomic E-state index is 12.6. The fraction of sp³-hybridized carbons (Fsp3) is 0.278. The molecule has 0 radical (unpaired) electrons. The van der Waals surface area contributed by atoms with Gasteiger partial charge in [0.15, 0.2) is 11.5 Å². The third-order valence-corrected chi connectivity index (χ3v) is 3.81. The zero-order chi connectivity index (χ0) is 17.6. The third kappa shape index (κ3) is 4.06. The summed E-state index contributed by atoms with van der Waals surface area (Å²) in [5.74, 6) is -0.773.